The Kier molecular flexibility index (Phi) is 6.20. The molecule has 2 atom stereocenters. The molecule has 0 radical (unpaired) electrons. The van der Waals surface area contributed by atoms with E-state index >= 15 is 0 Å². The van der Waals surface area contributed by atoms with Crippen LogP contribution in [0.25, 0.3) is 0 Å². The first-order valence-corrected chi connectivity index (χ1v) is 9.06. The lowest BCUT2D eigenvalue weighted by Gasteiger charge is -2.33. The van der Waals surface area contributed by atoms with Gasteiger partial charge in [-0.1, -0.05) is 81.1 Å². The molecule has 136 valence electrons. The zero-order valence-electron chi connectivity index (χ0n) is 16.4. The molecule has 0 fully saturated rings. The summed E-state index contributed by atoms with van der Waals surface area (Å²) in [5.74, 6) is 0.854. The van der Waals surface area contributed by atoms with Crippen molar-refractivity contribution in [2.75, 3.05) is 0 Å². The fourth-order valence-corrected chi connectivity index (χ4v) is 3.39. The fourth-order valence-electron chi connectivity index (χ4n) is 3.39. The predicted octanol–water partition coefficient (Wildman–Crippen LogP) is 6.08. The van der Waals surface area contributed by atoms with Gasteiger partial charge in [0.1, 0.15) is 5.84 Å². The number of hydrogen-bond acceptors (Lipinski definition) is 1. The summed E-state index contributed by atoms with van der Waals surface area (Å²) in [4.78, 5) is 4.18. The Balaban J connectivity index is 2.26. The lowest BCUT2D eigenvalue weighted by molar-refractivity contribution is 0.522. The van der Waals surface area contributed by atoms with Crippen LogP contribution >= 0.6 is 0 Å². The smallest absolute Gasteiger partial charge is 0.130 e. The maximum Gasteiger partial charge on any atom is 0.130 e. The van der Waals surface area contributed by atoms with Crippen LogP contribution in [0.1, 0.15) is 45.6 Å². The molecule has 2 unspecified atom stereocenters. The van der Waals surface area contributed by atoms with Gasteiger partial charge in [0.15, 0.2) is 0 Å². The molecule has 1 aliphatic carbocycles. The molecule has 0 spiro atoms. The van der Waals surface area contributed by atoms with Crippen molar-refractivity contribution in [2.45, 2.75) is 40.0 Å². The number of rotatable bonds is 6. The summed E-state index contributed by atoms with van der Waals surface area (Å²) in [6, 6.07) is 10.6. The van der Waals surface area contributed by atoms with Gasteiger partial charge in [-0.25, -0.2) is 4.99 Å². The van der Waals surface area contributed by atoms with E-state index in [-0.39, 0.29) is 5.41 Å². The quantitative estimate of drug-likeness (QED) is 0.378. The maximum atomic E-state index is 6.17. The van der Waals surface area contributed by atoms with Crippen molar-refractivity contribution in [3.05, 3.63) is 95.8 Å². The molecule has 0 aliphatic heterocycles. The van der Waals surface area contributed by atoms with Gasteiger partial charge in [0.2, 0.25) is 0 Å². The molecular formula is C24H30N2. The van der Waals surface area contributed by atoms with Crippen molar-refractivity contribution in [3.63, 3.8) is 0 Å². The van der Waals surface area contributed by atoms with Crippen molar-refractivity contribution >= 4 is 5.84 Å². The van der Waals surface area contributed by atoms with Gasteiger partial charge in [0, 0.05) is 23.1 Å². The highest BCUT2D eigenvalue weighted by atomic mass is 14.8. The van der Waals surface area contributed by atoms with E-state index in [1.165, 1.54) is 17.3 Å². The van der Waals surface area contributed by atoms with Gasteiger partial charge in [-0.3, -0.25) is 0 Å². The minimum absolute atomic E-state index is 0.173. The number of hydrogen-bond donors (Lipinski definition) is 1. The van der Waals surface area contributed by atoms with E-state index in [0.29, 0.717) is 11.8 Å². The normalized spacial score (nSPS) is 20.9. The molecule has 0 saturated heterocycles. The highest BCUT2D eigenvalue weighted by Crippen LogP contribution is 2.42. The molecule has 2 rings (SSSR count). The first-order chi connectivity index (χ1) is 12.3. The van der Waals surface area contributed by atoms with Gasteiger partial charge in [-0.05, 0) is 37.0 Å². The maximum absolute atomic E-state index is 6.17. The Hall–Kier alpha value is -2.61. The number of aliphatic imine (C=N–C) groups is 1. The van der Waals surface area contributed by atoms with Gasteiger partial charge in [-0.15, -0.1) is 0 Å². The molecule has 0 bridgehead atoms. The minimum Gasteiger partial charge on any atom is -0.383 e. The van der Waals surface area contributed by atoms with Crippen LogP contribution in [-0.4, -0.2) is 5.84 Å². The largest absolute Gasteiger partial charge is 0.383 e. The highest BCUT2D eigenvalue weighted by molar-refractivity contribution is 6.02. The molecule has 0 amide bonds. The van der Waals surface area contributed by atoms with Crippen molar-refractivity contribution in [1.29, 1.82) is 0 Å². The van der Waals surface area contributed by atoms with Crippen LogP contribution in [0.3, 0.4) is 0 Å². The van der Waals surface area contributed by atoms with Gasteiger partial charge in [-0.2, -0.15) is 0 Å². The third kappa shape index (κ3) is 4.13. The van der Waals surface area contributed by atoms with E-state index in [0.717, 1.165) is 23.1 Å². The molecule has 26 heavy (non-hydrogen) atoms. The number of nitrogens with two attached hydrogens (primary N) is 1. The molecule has 1 aromatic rings. The summed E-state index contributed by atoms with van der Waals surface area (Å²) in [6.07, 6.45) is 9.19. The minimum atomic E-state index is -0.173. The van der Waals surface area contributed by atoms with E-state index in [1.54, 1.807) is 0 Å². The Morgan fingerprint density at radius 2 is 1.92 bits per heavy atom. The lowest BCUT2D eigenvalue weighted by atomic mass is 9.71. The number of amidine groups is 1. The lowest BCUT2D eigenvalue weighted by Crippen LogP contribution is -2.26. The number of allylic oxidation sites excluding steroid dienone is 5. The predicted molar refractivity (Wildman–Crippen MR) is 114 cm³/mol. The standard InChI is InChI=1S/C24H30N2/c1-7-26-23(25)22(17(2)3)19(5)24(6)15-13-21(14-16-24)18(4)20-11-9-8-10-12-20/h7-15,18H,1,5,16H2,2-4,6H3,(H2,25,26). The summed E-state index contributed by atoms with van der Waals surface area (Å²) in [5, 5.41) is 0. The van der Waals surface area contributed by atoms with Crippen LogP contribution < -0.4 is 5.73 Å². The second-order valence-electron chi connectivity index (χ2n) is 7.34. The fraction of sp³-hybridized carbons (Fsp3) is 0.292. The average Bonchev–Trinajstić information content (AvgIpc) is 2.62. The molecule has 2 nitrogen and oxygen atoms in total. The van der Waals surface area contributed by atoms with Gasteiger partial charge in [0.25, 0.3) is 0 Å². The molecule has 2 N–H and O–H groups in total. The van der Waals surface area contributed by atoms with E-state index < -0.39 is 0 Å². The summed E-state index contributed by atoms with van der Waals surface area (Å²) >= 11 is 0. The Morgan fingerprint density at radius 3 is 2.42 bits per heavy atom. The molecule has 1 aliphatic rings. The van der Waals surface area contributed by atoms with Crippen LogP contribution in [0.5, 0.6) is 0 Å². The van der Waals surface area contributed by atoms with Crippen LogP contribution in [0.15, 0.2) is 95.2 Å². The average molecular weight is 347 g/mol. The van der Waals surface area contributed by atoms with Gasteiger partial charge in [0.05, 0.1) is 0 Å². The zero-order chi connectivity index (χ0) is 19.3. The number of nitrogens with zero attached hydrogens (tertiary/aromatic N) is 1. The van der Waals surface area contributed by atoms with Crippen molar-refractivity contribution in [3.8, 4) is 0 Å². The van der Waals surface area contributed by atoms with Crippen molar-refractivity contribution < 1.29 is 0 Å². The zero-order valence-corrected chi connectivity index (χ0v) is 16.4. The van der Waals surface area contributed by atoms with Gasteiger partial charge >= 0.3 is 0 Å². The molecule has 0 saturated carbocycles. The molecule has 0 aromatic heterocycles. The van der Waals surface area contributed by atoms with E-state index in [2.05, 4.69) is 80.6 Å². The van der Waals surface area contributed by atoms with Gasteiger partial charge < -0.3 is 5.73 Å². The van der Waals surface area contributed by atoms with Crippen molar-refractivity contribution in [1.82, 2.24) is 0 Å². The molecule has 0 heterocycles. The topological polar surface area (TPSA) is 38.4 Å². The monoisotopic (exact) mass is 346 g/mol. The van der Waals surface area contributed by atoms with Crippen LogP contribution in [0.2, 0.25) is 0 Å². The molecule has 1 aromatic carbocycles. The summed E-state index contributed by atoms with van der Waals surface area (Å²) in [5.41, 5.74) is 11.7. The summed E-state index contributed by atoms with van der Waals surface area (Å²) < 4.78 is 0. The third-order valence-corrected chi connectivity index (χ3v) is 5.18. The first-order valence-electron chi connectivity index (χ1n) is 9.06. The molecule has 2 heteroatoms. The Bertz CT molecular complexity index is 802. The second kappa shape index (κ2) is 8.18. The summed E-state index contributed by atoms with van der Waals surface area (Å²) in [6.45, 7) is 16.6. The molecular weight excluding hydrogens is 316 g/mol. The van der Waals surface area contributed by atoms with Crippen LogP contribution in [0.4, 0.5) is 0 Å². The number of benzene rings is 1. The van der Waals surface area contributed by atoms with Crippen LogP contribution in [-0.2, 0) is 0 Å². The highest BCUT2D eigenvalue weighted by Gasteiger charge is 2.30. The van der Waals surface area contributed by atoms with E-state index in [1.807, 2.05) is 13.8 Å². The third-order valence-electron chi connectivity index (χ3n) is 5.18. The second-order valence-corrected chi connectivity index (χ2v) is 7.34. The first kappa shape index (κ1) is 19.7. The SMILES string of the molecule is C=CN=C(N)C(C(=C)C1(C)C=CC(C(C)c2ccccc2)=CC1)=C(C)C. The van der Waals surface area contributed by atoms with Crippen molar-refractivity contribution in [2.24, 2.45) is 16.1 Å². The van der Waals surface area contributed by atoms with E-state index in [9.17, 15) is 0 Å². The summed E-state index contributed by atoms with van der Waals surface area (Å²) in [7, 11) is 0. The Labute approximate surface area is 158 Å². The Morgan fingerprint density at radius 1 is 1.27 bits per heavy atom. The van der Waals surface area contributed by atoms with E-state index in [4.69, 9.17) is 5.73 Å². The van der Waals surface area contributed by atoms with Crippen LogP contribution in [0, 0.1) is 5.41 Å².